The Bertz CT molecular complexity index is 1970. The summed E-state index contributed by atoms with van der Waals surface area (Å²) in [5.74, 6) is -1.66. The molecule has 2 amide bonds. The van der Waals surface area contributed by atoms with Crippen molar-refractivity contribution >= 4 is 57.0 Å². The van der Waals surface area contributed by atoms with E-state index in [0.717, 1.165) is 57.4 Å². The van der Waals surface area contributed by atoms with Crippen LogP contribution in [-0.4, -0.2) is 64.5 Å². The zero-order chi connectivity index (χ0) is 37.8. The van der Waals surface area contributed by atoms with Crippen molar-refractivity contribution in [3.8, 4) is 0 Å². The summed E-state index contributed by atoms with van der Waals surface area (Å²) in [6.45, 7) is 11.7. The summed E-state index contributed by atoms with van der Waals surface area (Å²) in [5, 5.41) is 12.9. The fraction of sp³-hybridized carbons (Fsp3) is 0.405. The number of unbranched alkanes of at least 4 members (excludes halogenated alkanes) is 2. The van der Waals surface area contributed by atoms with E-state index in [1.807, 2.05) is 56.4 Å². The van der Waals surface area contributed by atoms with Crippen LogP contribution in [0.4, 0.5) is 11.4 Å². The maximum atomic E-state index is 12.3. The molecule has 2 aromatic carbocycles. The molecule has 52 heavy (non-hydrogen) atoms. The highest BCUT2D eigenvalue weighted by molar-refractivity contribution is 7.94. The molecular formula is C37H44N3O10S2+. The topological polar surface area (TPSA) is 163 Å². The molecule has 0 unspecified atom stereocenters. The molecule has 2 N–H and O–H groups in total. The van der Waals surface area contributed by atoms with E-state index < -0.39 is 33.3 Å². The second-order valence-corrected chi connectivity index (χ2v) is 15.9. The Morgan fingerprint density at radius 3 is 2.37 bits per heavy atom. The summed E-state index contributed by atoms with van der Waals surface area (Å²) < 4.78 is 40.6. The van der Waals surface area contributed by atoms with Gasteiger partial charge in [0, 0.05) is 71.6 Å². The molecule has 5 rings (SSSR count). The van der Waals surface area contributed by atoms with Gasteiger partial charge in [0.05, 0.1) is 22.4 Å². The van der Waals surface area contributed by atoms with Crippen LogP contribution in [0, 0.1) is 0 Å². The third-order valence-electron chi connectivity index (χ3n) is 9.69. The number of anilines is 1. The largest absolute Gasteiger partial charge is 0.344 e. The van der Waals surface area contributed by atoms with E-state index in [1.165, 1.54) is 12.1 Å². The van der Waals surface area contributed by atoms with Crippen LogP contribution in [0.3, 0.4) is 0 Å². The summed E-state index contributed by atoms with van der Waals surface area (Å²) in [6, 6.07) is 10.6. The zero-order valence-electron chi connectivity index (χ0n) is 29.8. The van der Waals surface area contributed by atoms with Crippen LogP contribution in [0.2, 0.25) is 0 Å². The first-order valence-corrected chi connectivity index (χ1v) is 19.2. The summed E-state index contributed by atoms with van der Waals surface area (Å²) in [5.41, 5.74) is 4.91. The number of nitrogens with zero attached hydrogens (tertiary/aromatic N) is 3. The van der Waals surface area contributed by atoms with Gasteiger partial charge in [-0.1, -0.05) is 37.1 Å². The number of hydrogen-bond acceptors (Lipinski definition) is 11. The van der Waals surface area contributed by atoms with Crippen molar-refractivity contribution in [2.75, 3.05) is 18.0 Å². The number of likely N-dealkylation sites (N-methyl/N-ethyl adjacent to an activating group) is 1. The molecule has 3 aliphatic heterocycles. The molecule has 15 heteroatoms. The van der Waals surface area contributed by atoms with Crippen LogP contribution in [-0.2, 0) is 49.5 Å². The molecule has 0 atom stereocenters. The first-order valence-electron chi connectivity index (χ1n) is 17.1. The van der Waals surface area contributed by atoms with Gasteiger partial charge in [0.25, 0.3) is 21.9 Å². The Morgan fingerprint density at radius 1 is 0.962 bits per heavy atom. The summed E-state index contributed by atoms with van der Waals surface area (Å²) in [4.78, 5) is 43.6. The van der Waals surface area contributed by atoms with E-state index in [0.29, 0.717) is 30.9 Å². The van der Waals surface area contributed by atoms with Crippen molar-refractivity contribution in [1.82, 2.24) is 5.06 Å². The van der Waals surface area contributed by atoms with Gasteiger partial charge in [-0.15, -0.1) is 9.40 Å². The molecule has 3 aliphatic rings. The van der Waals surface area contributed by atoms with Crippen molar-refractivity contribution in [2.45, 2.75) is 93.8 Å². The molecule has 0 aromatic heterocycles. The number of rotatable bonds is 15. The number of allylic oxidation sites excluding steroid dienone is 6. The van der Waals surface area contributed by atoms with E-state index in [9.17, 15) is 27.4 Å². The van der Waals surface area contributed by atoms with Gasteiger partial charge < -0.3 is 9.74 Å². The second-order valence-electron chi connectivity index (χ2n) is 13.7. The predicted molar refractivity (Wildman–Crippen MR) is 194 cm³/mol. The average Bonchev–Trinajstić information content (AvgIpc) is 3.61. The summed E-state index contributed by atoms with van der Waals surface area (Å²) >= 11 is 0.922. The van der Waals surface area contributed by atoms with Crippen LogP contribution >= 0.6 is 12.0 Å². The standard InChI is InChI=1S/C37H43N3O10S2/c1-6-38-29-18-16-25(51-50-49-44)23-27(29)36(2,3)31(38)13-9-7-10-14-32-37(4,5)28-24-26(52(45,46)47)17-19-30(28)39(32)22-12-8-11-15-35(43)48-40-33(41)20-21-34(40)42/h7,9-10,13-14,16-19,23-24H,6,8,11-12,15,20-22H2,1-5H3,(H-,44,45,46,47)/p+1. The monoisotopic (exact) mass is 754 g/mol. The van der Waals surface area contributed by atoms with Crippen molar-refractivity contribution in [1.29, 1.82) is 0 Å². The number of benzene rings is 2. The molecule has 0 saturated carbocycles. The molecule has 0 bridgehead atoms. The molecule has 278 valence electrons. The number of fused-ring (bicyclic) bond motifs is 2. The molecular weight excluding hydrogens is 711 g/mol. The Balaban J connectivity index is 1.33. The fourth-order valence-electron chi connectivity index (χ4n) is 7.04. The van der Waals surface area contributed by atoms with Gasteiger partial charge in [-0.3, -0.25) is 14.1 Å². The van der Waals surface area contributed by atoms with Crippen molar-refractivity contribution < 1.29 is 51.4 Å². The highest BCUT2D eigenvalue weighted by atomic mass is 32.2. The highest BCUT2D eigenvalue weighted by Crippen LogP contribution is 2.49. The van der Waals surface area contributed by atoms with Crippen molar-refractivity contribution in [3.05, 3.63) is 83.6 Å². The van der Waals surface area contributed by atoms with Crippen LogP contribution < -0.4 is 4.90 Å². The van der Waals surface area contributed by atoms with Crippen LogP contribution in [0.5, 0.6) is 0 Å². The molecule has 0 spiro atoms. The first-order chi connectivity index (χ1) is 24.6. The summed E-state index contributed by atoms with van der Waals surface area (Å²) in [7, 11) is -4.41. The normalized spacial score (nSPS) is 18.8. The van der Waals surface area contributed by atoms with Crippen molar-refractivity contribution in [3.63, 3.8) is 0 Å². The van der Waals surface area contributed by atoms with Crippen LogP contribution in [0.1, 0.15) is 84.3 Å². The molecule has 13 nitrogen and oxygen atoms in total. The van der Waals surface area contributed by atoms with E-state index in [4.69, 9.17) is 10.1 Å². The number of amides is 2. The third kappa shape index (κ3) is 8.09. The van der Waals surface area contributed by atoms with E-state index in [-0.39, 0.29) is 29.6 Å². The number of carbonyl (C=O) groups excluding carboxylic acids is 3. The Kier molecular flexibility index (Phi) is 11.9. The number of hydrogen-bond donors (Lipinski definition) is 2. The maximum absolute atomic E-state index is 12.3. The van der Waals surface area contributed by atoms with Gasteiger partial charge in [-0.2, -0.15) is 13.0 Å². The lowest BCUT2D eigenvalue weighted by Crippen LogP contribution is -2.31. The van der Waals surface area contributed by atoms with Crippen LogP contribution in [0.15, 0.2) is 82.3 Å². The van der Waals surface area contributed by atoms with Gasteiger partial charge >= 0.3 is 5.97 Å². The minimum Gasteiger partial charge on any atom is -0.344 e. The predicted octanol–water partition coefficient (Wildman–Crippen LogP) is 6.72. The number of carbonyl (C=O) groups is 3. The Labute approximate surface area is 308 Å². The highest BCUT2D eigenvalue weighted by Gasteiger charge is 2.45. The number of hydroxylamine groups is 2. The second kappa shape index (κ2) is 15.9. The van der Waals surface area contributed by atoms with Gasteiger partial charge in [0.2, 0.25) is 5.69 Å². The maximum Gasteiger partial charge on any atom is 0.333 e. The van der Waals surface area contributed by atoms with Gasteiger partial charge in [-0.05, 0) is 75.6 Å². The van der Waals surface area contributed by atoms with Gasteiger partial charge in [-0.25, -0.2) is 10.1 Å². The van der Waals surface area contributed by atoms with Gasteiger partial charge in [0.15, 0.2) is 5.71 Å². The lowest BCUT2D eigenvalue weighted by Gasteiger charge is -2.25. The smallest absolute Gasteiger partial charge is 0.333 e. The molecule has 0 aliphatic carbocycles. The van der Waals surface area contributed by atoms with Crippen molar-refractivity contribution in [2.24, 2.45) is 0 Å². The average molecular weight is 755 g/mol. The quantitative estimate of drug-likeness (QED) is 0.0289. The van der Waals surface area contributed by atoms with E-state index >= 15 is 0 Å². The molecule has 0 radical (unpaired) electrons. The zero-order valence-corrected chi connectivity index (χ0v) is 31.5. The lowest BCUT2D eigenvalue weighted by molar-refractivity contribution is -0.438. The molecule has 2 aromatic rings. The van der Waals surface area contributed by atoms with Crippen LogP contribution in [0.25, 0.3) is 0 Å². The molecule has 3 heterocycles. The lowest BCUT2D eigenvalue weighted by atomic mass is 9.81. The number of imide groups is 1. The van der Waals surface area contributed by atoms with E-state index in [1.54, 1.807) is 6.07 Å². The summed E-state index contributed by atoms with van der Waals surface area (Å²) in [6.07, 6.45) is 11.9. The van der Waals surface area contributed by atoms with Gasteiger partial charge in [0.1, 0.15) is 6.54 Å². The third-order valence-corrected chi connectivity index (χ3v) is 11.1. The SMILES string of the molecule is CCN1/C(=C/C=C/C=C/C2=[N+](CCCCCC(=O)ON3C(=O)CCC3=O)c3ccc(S(=O)(=O)O)cc3C2(C)C)C(C)(C)c2cc(SOOO)ccc21. The minimum absolute atomic E-state index is 0.0390. The molecule has 1 fully saturated rings. The van der Waals surface area contributed by atoms with E-state index in [2.05, 4.69) is 45.7 Å². The minimum atomic E-state index is -4.41. The Morgan fingerprint density at radius 2 is 1.69 bits per heavy atom. The fourth-order valence-corrected chi connectivity index (χ4v) is 7.94. The Hall–Kier alpha value is -4.12. The molecule has 1 saturated heterocycles. The first kappa shape index (κ1) is 39.1.